The predicted molar refractivity (Wildman–Crippen MR) is 78.1 cm³/mol. The summed E-state index contributed by atoms with van der Waals surface area (Å²) >= 11 is 0. The molecule has 0 spiro atoms. The van der Waals surface area contributed by atoms with Gasteiger partial charge in [0.2, 0.25) is 11.8 Å². The van der Waals surface area contributed by atoms with E-state index in [9.17, 15) is 14.4 Å². The maximum Gasteiger partial charge on any atom is 0.356 e. The summed E-state index contributed by atoms with van der Waals surface area (Å²) in [5.74, 6) is 1.38. The maximum absolute atomic E-state index is 11.4. The number of benzene rings is 1. The van der Waals surface area contributed by atoms with Gasteiger partial charge in [-0.25, -0.2) is 0 Å². The second kappa shape index (κ2) is 6.31. The van der Waals surface area contributed by atoms with Crippen LogP contribution in [0.4, 0.5) is 0 Å². The quantitative estimate of drug-likeness (QED) is 0.793. The summed E-state index contributed by atoms with van der Waals surface area (Å²) in [7, 11) is -1.58. The van der Waals surface area contributed by atoms with Crippen LogP contribution in [0.3, 0.4) is 0 Å². The third-order valence-corrected chi connectivity index (χ3v) is 3.59. The molecule has 1 heterocycles. The minimum Gasteiger partial charge on any atom is -0.497 e. The number of aryl methyl sites for hydroxylation is 1. The lowest BCUT2D eigenvalue weighted by molar-refractivity contribution is 0.381. The molecule has 0 fully saturated rings. The van der Waals surface area contributed by atoms with Crippen LogP contribution >= 0.6 is 7.60 Å². The molecule has 2 aromatic rings. The van der Waals surface area contributed by atoms with Crippen LogP contribution in [0.25, 0.3) is 0 Å². The normalized spacial score (nSPS) is 11.1. The van der Waals surface area contributed by atoms with Gasteiger partial charge in [0.25, 0.3) is 0 Å². The lowest BCUT2D eigenvalue weighted by Gasteiger charge is -2.11. The average Bonchev–Trinajstić information content (AvgIpc) is 2.45. The van der Waals surface area contributed by atoms with Gasteiger partial charge in [0.05, 0.1) is 25.6 Å². The summed E-state index contributed by atoms with van der Waals surface area (Å²) in [6, 6.07) is 5.43. The van der Waals surface area contributed by atoms with Gasteiger partial charge in [0.15, 0.2) is 0 Å². The number of aromatic nitrogens is 2. The second-order valence-electron chi connectivity index (χ2n) is 4.31. The molecule has 2 N–H and O–H groups in total. The van der Waals surface area contributed by atoms with Crippen molar-refractivity contribution in [3.05, 3.63) is 30.1 Å². The SMILES string of the molecule is COc1cc(Oc2cc(OC)nc(C)n2)cc(P(=O)(O)O)c1. The Morgan fingerprint density at radius 1 is 0.955 bits per heavy atom. The molecule has 0 radical (unpaired) electrons. The first kappa shape index (κ1) is 16.2. The summed E-state index contributed by atoms with van der Waals surface area (Å²) in [6.45, 7) is 1.67. The van der Waals surface area contributed by atoms with Crippen LogP contribution in [-0.4, -0.2) is 34.0 Å². The van der Waals surface area contributed by atoms with E-state index in [1.165, 1.54) is 38.5 Å². The van der Waals surface area contributed by atoms with Crippen molar-refractivity contribution in [2.75, 3.05) is 14.2 Å². The summed E-state index contributed by atoms with van der Waals surface area (Å²) in [5, 5.41) is -0.209. The van der Waals surface area contributed by atoms with Crippen molar-refractivity contribution in [3.8, 4) is 23.3 Å². The van der Waals surface area contributed by atoms with Gasteiger partial charge in [-0.2, -0.15) is 9.97 Å². The van der Waals surface area contributed by atoms with Gasteiger partial charge in [-0.15, -0.1) is 0 Å². The largest absolute Gasteiger partial charge is 0.497 e. The standard InChI is InChI=1S/C13H15N2O6P/c1-8-14-12(20-3)7-13(15-8)21-10-4-9(19-2)5-11(6-10)22(16,17)18/h4-7H,1-3H3,(H2,16,17,18). The zero-order chi connectivity index (χ0) is 16.3. The van der Waals surface area contributed by atoms with Crippen molar-refractivity contribution in [1.29, 1.82) is 0 Å². The molecule has 0 aliphatic carbocycles. The van der Waals surface area contributed by atoms with Crippen molar-refractivity contribution in [2.24, 2.45) is 0 Å². The molecule has 0 aliphatic rings. The van der Waals surface area contributed by atoms with Crippen LogP contribution in [0.2, 0.25) is 0 Å². The van der Waals surface area contributed by atoms with Gasteiger partial charge in [0, 0.05) is 6.07 Å². The van der Waals surface area contributed by atoms with E-state index in [2.05, 4.69) is 9.97 Å². The van der Waals surface area contributed by atoms with E-state index in [0.717, 1.165) is 0 Å². The van der Waals surface area contributed by atoms with Crippen molar-refractivity contribution >= 4 is 12.9 Å². The fourth-order valence-corrected chi connectivity index (χ4v) is 2.28. The molecule has 0 saturated carbocycles. The molecule has 8 nitrogen and oxygen atoms in total. The highest BCUT2D eigenvalue weighted by molar-refractivity contribution is 7.60. The Morgan fingerprint density at radius 3 is 2.18 bits per heavy atom. The molecule has 0 bridgehead atoms. The van der Waals surface area contributed by atoms with Gasteiger partial charge in [-0.05, 0) is 19.1 Å². The molecule has 0 amide bonds. The zero-order valence-electron chi connectivity index (χ0n) is 12.2. The smallest absolute Gasteiger partial charge is 0.356 e. The van der Waals surface area contributed by atoms with E-state index >= 15 is 0 Å². The Balaban J connectivity index is 2.41. The highest BCUT2D eigenvalue weighted by atomic mass is 31.2. The molecular weight excluding hydrogens is 311 g/mol. The molecule has 0 atom stereocenters. The molecule has 1 aromatic carbocycles. The van der Waals surface area contributed by atoms with Crippen LogP contribution in [0.15, 0.2) is 24.3 Å². The predicted octanol–water partition coefficient (Wildman–Crippen LogP) is 1.40. The fourth-order valence-electron chi connectivity index (χ4n) is 1.69. The number of rotatable bonds is 5. The van der Waals surface area contributed by atoms with Crippen LogP contribution in [0.1, 0.15) is 5.82 Å². The molecule has 118 valence electrons. The summed E-state index contributed by atoms with van der Waals surface area (Å²) in [4.78, 5) is 26.7. The average molecular weight is 326 g/mol. The maximum atomic E-state index is 11.4. The van der Waals surface area contributed by atoms with Crippen LogP contribution in [0, 0.1) is 6.92 Å². The monoisotopic (exact) mass is 326 g/mol. The lowest BCUT2D eigenvalue weighted by atomic mass is 10.3. The van der Waals surface area contributed by atoms with E-state index in [-0.39, 0.29) is 22.7 Å². The first-order valence-electron chi connectivity index (χ1n) is 6.14. The van der Waals surface area contributed by atoms with Crippen molar-refractivity contribution < 1.29 is 28.6 Å². The first-order chi connectivity index (χ1) is 10.3. The molecule has 22 heavy (non-hydrogen) atoms. The Labute approximate surface area is 126 Å². The van der Waals surface area contributed by atoms with Crippen molar-refractivity contribution in [2.45, 2.75) is 6.92 Å². The number of hydrogen-bond acceptors (Lipinski definition) is 6. The highest BCUT2D eigenvalue weighted by Crippen LogP contribution is 2.37. The molecule has 9 heteroatoms. The molecule has 0 aliphatic heterocycles. The van der Waals surface area contributed by atoms with E-state index in [1.54, 1.807) is 6.92 Å². The molecule has 0 unspecified atom stereocenters. The highest BCUT2D eigenvalue weighted by Gasteiger charge is 2.20. The molecule has 2 rings (SSSR count). The van der Waals surface area contributed by atoms with Gasteiger partial charge in [-0.3, -0.25) is 4.57 Å². The van der Waals surface area contributed by atoms with Crippen LogP contribution < -0.4 is 19.5 Å². The van der Waals surface area contributed by atoms with Crippen LogP contribution in [0.5, 0.6) is 23.3 Å². The Bertz CT molecular complexity index is 730. The zero-order valence-corrected chi connectivity index (χ0v) is 13.1. The number of methoxy groups -OCH3 is 2. The first-order valence-corrected chi connectivity index (χ1v) is 7.76. The minimum atomic E-state index is -4.43. The summed E-state index contributed by atoms with van der Waals surface area (Å²) in [5.41, 5.74) is 0. The third-order valence-electron chi connectivity index (χ3n) is 2.66. The van der Waals surface area contributed by atoms with E-state index in [0.29, 0.717) is 11.7 Å². The van der Waals surface area contributed by atoms with Gasteiger partial charge in [0.1, 0.15) is 17.3 Å². The second-order valence-corrected chi connectivity index (χ2v) is 5.91. The van der Waals surface area contributed by atoms with E-state index in [1.807, 2.05) is 0 Å². The lowest BCUT2D eigenvalue weighted by Crippen LogP contribution is -2.05. The van der Waals surface area contributed by atoms with E-state index in [4.69, 9.17) is 14.2 Å². The molecular formula is C13H15N2O6P. The van der Waals surface area contributed by atoms with Gasteiger partial charge >= 0.3 is 7.60 Å². The summed E-state index contributed by atoms with van der Waals surface area (Å²) in [6.07, 6.45) is 0. The Kier molecular flexibility index (Phi) is 4.65. The Morgan fingerprint density at radius 2 is 1.59 bits per heavy atom. The third kappa shape index (κ3) is 3.94. The van der Waals surface area contributed by atoms with Crippen molar-refractivity contribution in [1.82, 2.24) is 9.97 Å². The van der Waals surface area contributed by atoms with E-state index < -0.39 is 7.60 Å². The Hall–Kier alpha value is -2.15. The molecule has 0 saturated heterocycles. The van der Waals surface area contributed by atoms with Crippen LogP contribution in [-0.2, 0) is 4.57 Å². The number of nitrogens with zero attached hydrogens (tertiary/aromatic N) is 2. The van der Waals surface area contributed by atoms with Crippen molar-refractivity contribution in [3.63, 3.8) is 0 Å². The number of hydrogen-bond donors (Lipinski definition) is 2. The fraction of sp³-hybridized carbons (Fsp3) is 0.231. The van der Waals surface area contributed by atoms with Gasteiger partial charge in [-0.1, -0.05) is 0 Å². The topological polar surface area (TPSA) is 111 Å². The molecule has 1 aromatic heterocycles. The van der Waals surface area contributed by atoms with Gasteiger partial charge < -0.3 is 24.0 Å². The minimum absolute atomic E-state index is 0.179. The summed E-state index contributed by atoms with van der Waals surface area (Å²) < 4.78 is 27.0. The number of ether oxygens (including phenoxy) is 3.